The van der Waals surface area contributed by atoms with Crippen molar-refractivity contribution in [1.82, 2.24) is 0 Å². The maximum Gasteiger partial charge on any atom is 0.0900 e. The minimum Gasteiger partial charge on any atom is -0.251 e. The monoisotopic (exact) mass is 128 g/mol. The van der Waals surface area contributed by atoms with Gasteiger partial charge in [0.25, 0.3) is 0 Å². The fourth-order valence-corrected chi connectivity index (χ4v) is 0.537. The highest BCUT2D eigenvalue weighted by atomic mass is 19.1. The zero-order valence-corrected chi connectivity index (χ0v) is 5.81. The smallest absolute Gasteiger partial charge is 0.0900 e. The SMILES string of the molecule is C=C/C=C\C(C)CCF. The molecule has 1 heteroatoms. The van der Waals surface area contributed by atoms with Crippen LogP contribution in [0.4, 0.5) is 4.39 Å². The van der Waals surface area contributed by atoms with Crippen molar-refractivity contribution in [2.45, 2.75) is 13.3 Å². The molecule has 0 saturated heterocycles. The van der Waals surface area contributed by atoms with Gasteiger partial charge in [-0.05, 0) is 12.3 Å². The third kappa shape index (κ3) is 5.28. The molecular weight excluding hydrogens is 115 g/mol. The second-order valence-corrected chi connectivity index (χ2v) is 2.08. The van der Waals surface area contributed by atoms with Crippen molar-refractivity contribution >= 4 is 0 Å². The van der Waals surface area contributed by atoms with E-state index >= 15 is 0 Å². The first-order valence-corrected chi connectivity index (χ1v) is 3.16. The maximum atomic E-state index is 11.6. The molecule has 0 aliphatic heterocycles. The predicted molar refractivity (Wildman–Crippen MR) is 39.1 cm³/mol. The number of rotatable bonds is 4. The maximum absolute atomic E-state index is 11.6. The second-order valence-electron chi connectivity index (χ2n) is 2.08. The Bertz CT molecular complexity index is 94.7. The Kier molecular flexibility index (Phi) is 5.18. The Morgan fingerprint density at radius 1 is 1.67 bits per heavy atom. The summed E-state index contributed by atoms with van der Waals surface area (Å²) >= 11 is 0. The van der Waals surface area contributed by atoms with Crippen LogP contribution in [-0.4, -0.2) is 6.67 Å². The highest BCUT2D eigenvalue weighted by Gasteiger charge is 1.92. The topological polar surface area (TPSA) is 0 Å². The molecule has 0 spiro atoms. The average Bonchev–Trinajstić information content (AvgIpc) is 1.85. The summed E-state index contributed by atoms with van der Waals surface area (Å²) in [5, 5.41) is 0. The van der Waals surface area contributed by atoms with Crippen molar-refractivity contribution in [2.24, 2.45) is 5.92 Å². The molecule has 0 rings (SSSR count). The zero-order valence-electron chi connectivity index (χ0n) is 5.81. The van der Waals surface area contributed by atoms with E-state index in [2.05, 4.69) is 6.58 Å². The molecule has 0 saturated carbocycles. The lowest BCUT2D eigenvalue weighted by Crippen LogP contribution is -1.89. The van der Waals surface area contributed by atoms with Gasteiger partial charge in [0.05, 0.1) is 6.67 Å². The van der Waals surface area contributed by atoms with Gasteiger partial charge >= 0.3 is 0 Å². The van der Waals surface area contributed by atoms with Crippen molar-refractivity contribution in [2.75, 3.05) is 6.67 Å². The minimum absolute atomic E-state index is 0.233. The van der Waals surface area contributed by atoms with Crippen molar-refractivity contribution in [3.8, 4) is 0 Å². The largest absolute Gasteiger partial charge is 0.251 e. The van der Waals surface area contributed by atoms with E-state index in [0.29, 0.717) is 12.3 Å². The molecule has 9 heavy (non-hydrogen) atoms. The van der Waals surface area contributed by atoms with Gasteiger partial charge in [-0.2, -0.15) is 0 Å². The third-order valence-electron chi connectivity index (χ3n) is 1.14. The molecule has 0 aromatic rings. The van der Waals surface area contributed by atoms with Gasteiger partial charge in [0.15, 0.2) is 0 Å². The fourth-order valence-electron chi connectivity index (χ4n) is 0.537. The molecule has 52 valence electrons. The highest BCUT2D eigenvalue weighted by molar-refractivity contribution is 4.98. The quantitative estimate of drug-likeness (QED) is 0.511. The van der Waals surface area contributed by atoms with E-state index in [9.17, 15) is 4.39 Å². The molecule has 0 bridgehead atoms. The number of hydrogen-bond donors (Lipinski definition) is 0. The van der Waals surface area contributed by atoms with Crippen LogP contribution in [0.1, 0.15) is 13.3 Å². The molecule has 1 unspecified atom stereocenters. The zero-order chi connectivity index (χ0) is 7.11. The van der Waals surface area contributed by atoms with E-state index in [-0.39, 0.29) is 6.67 Å². The molecule has 0 aliphatic carbocycles. The summed E-state index contributed by atoms with van der Waals surface area (Å²) in [7, 11) is 0. The Morgan fingerprint density at radius 2 is 2.33 bits per heavy atom. The minimum atomic E-state index is -0.233. The van der Waals surface area contributed by atoms with Gasteiger partial charge in [-0.25, -0.2) is 0 Å². The number of allylic oxidation sites excluding steroid dienone is 3. The van der Waals surface area contributed by atoms with E-state index in [4.69, 9.17) is 0 Å². The van der Waals surface area contributed by atoms with Crippen LogP contribution >= 0.6 is 0 Å². The first-order valence-electron chi connectivity index (χ1n) is 3.16. The van der Waals surface area contributed by atoms with Crippen LogP contribution in [0.3, 0.4) is 0 Å². The first-order chi connectivity index (χ1) is 4.31. The molecule has 0 nitrogen and oxygen atoms in total. The third-order valence-corrected chi connectivity index (χ3v) is 1.14. The summed E-state index contributed by atoms with van der Waals surface area (Å²) in [5.74, 6) is 0.341. The normalized spacial score (nSPS) is 14.0. The summed E-state index contributed by atoms with van der Waals surface area (Å²) in [6.07, 6.45) is 6.12. The Hall–Kier alpha value is -0.590. The van der Waals surface area contributed by atoms with Crippen LogP contribution in [0, 0.1) is 5.92 Å². The molecule has 0 aromatic heterocycles. The van der Waals surface area contributed by atoms with Crippen molar-refractivity contribution in [1.29, 1.82) is 0 Å². The molecule has 0 N–H and O–H groups in total. The summed E-state index contributed by atoms with van der Waals surface area (Å²) < 4.78 is 11.6. The van der Waals surface area contributed by atoms with Crippen LogP contribution in [0.5, 0.6) is 0 Å². The number of alkyl halides is 1. The van der Waals surface area contributed by atoms with Crippen LogP contribution in [0.15, 0.2) is 24.8 Å². The molecule has 0 radical (unpaired) electrons. The lowest BCUT2D eigenvalue weighted by molar-refractivity contribution is 0.437. The molecule has 0 aliphatic rings. The van der Waals surface area contributed by atoms with Gasteiger partial charge in [-0.15, -0.1) is 0 Å². The van der Waals surface area contributed by atoms with Gasteiger partial charge in [0, 0.05) is 0 Å². The molecule has 0 heterocycles. The standard InChI is InChI=1S/C8H13F/c1-3-4-5-8(2)6-7-9/h3-5,8H,1,6-7H2,2H3/b5-4-. The van der Waals surface area contributed by atoms with E-state index in [1.165, 1.54) is 0 Å². The summed E-state index contributed by atoms with van der Waals surface area (Å²) in [6.45, 7) is 5.26. The van der Waals surface area contributed by atoms with Gasteiger partial charge in [0.2, 0.25) is 0 Å². The predicted octanol–water partition coefficient (Wildman–Crippen LogP) is 2.72. The fraction of sp³-hybridized carbons (Fsp3) is 0.500. The van der Waals surface area contributed by atoms with Gasteiger partial charge in [-0.1, -0.05) is 31.7 Å². The highest BCUT2D eigenvalue weighted by Crippen LogP contribution is 2.02. The Morgan fingerprint density at radius 3 is 2.78 bits per heavy atom. The van der Waals surface area contributed by atoms with Crippen molar-refractivity contribution in [3.63, 3.8) is 0 Å². The van der Waals surface area contributed by atoms with Gasteiger partial charge < -0.3 is 0 Å². The van der Waals surface area contributed by atoms with Crippen LogP contribution in [-0.2, 0) is 0 Å². The summed E-state index contributed by atoms with van der Waals surface area (Å²) in [6, 6.07) is 0. The van der Waals surface area contributed by atoms with E-state index in [1.807, 2.05) is 19.1 Å². The second kappa shape index (κ2) is 5.54. The van der Waals surface area contributed by atoms with Crippen LogP contribution in [0.25, 0.3) is 0 Å². The number of halogens is 1. The van der Waals surface area contributed by atoms with E-state index < -0.39 is 0 Å². The molecule has 0 amide bonds. The molecule has 0 aromatic carbocycles. The lowest BCUT2D eigenvalue weighted by Gasteiger charge is -1.98. The van der Waals surface area contributed by atoms with Crippen LogP contribution < -0.4 is 0 Å². The molecule has 0 fully saturated rings. The lowest BCUT2D eigenvalue weighted by atomic mass is 10.1. The Labute approximate surface area is 56.1 Å². The number of hydrogen-bond acceptors (Lipinski definition) is 0. The van der Waals surface area contributed by atoms with Crippen LogP contribution in [0.2, 0.25) is 0 Å². The summed E-state index contributed by atoms with van der Waals surface area (Å²) in [5.41, 5.74) is 0. The summed E-state index contributed by atoms with van der Waals surface area (Å²) in [4.78, 5) is 0. The molecular formula is C8H13F. The first kappa shape index (κ1) is 8.41. The van der Waals surface area contributed by atoms with Gasteiger partial charge in [0.1, 0.15) is 0 Å². The molecule has 1 atom stereocenters. The van der Waals surface area contributed by atoms with E-state index in [1.54, 1.807) is 6.08 Å². The average molecular weight is 128 g/mol. The van der Waals surface area contributed by atoms with E-state index in [0.717, 1.165) is 0 Å². The van der Waals surface area contributed by atoms with Gasteiger partial charge in [-0.3, -0.25) is 4.39 Å². The Balaban J connectivity index is 3.35. The van der Waals surface area contributed by atoms with Crippen molar-refractivity contribution in [3.05, 3.63) is 24.8 Å². The van der Waals surface area contributed by atoms with Crippen molar-refractivity contribution < 1.29 is 4.39 Å².